The molecule has 4 nitrogen and oxygen atoms in total. The maximum Gasteiger partial charge on any atom is 0.356 e. The van der Waals surface area contributed by atoms with E-state index in [1.807, 2.05) is 36.4 Å². The molecule has 0 fully saturated rings. The number of benzene rings is 2. The predicted octanol–water partition coefficient (Wildman–Crippen LogP) is 3.65. The summed E-state index contributed by atoms with van der Waals surface area (Å²) < 4.78 is 10.1. The highest BCUT2D eigenvalue weighted by atomic mass is 35.5. The minimum atomic E-state index is 0.513. The van der Waals surface area contributed by atoms with E-state index >= 15 is 0 Å². The largest absolute Gasteiger partial charge is 0.489 e. The Morgan fingerprint density at radius 1 is 1.13 bits per heavy atom. The molecule has 120 valence electrons. The molecule has 1 aromatic heterocycles. The summed E-state index contributed by atoms with van der Waals surface area (Å²) in [5.74, 6) is 1.46. The highest BCUT2D eigenvalue weighted by Crippen LogP contribution is 2.23. The topological polar surface area (TPSA) is 44.1 Å². The van der Waals surface area contributed by atoms with Gasteiger partial charge in [-0.15, -0.1) is 0 Å². The van der Waals surface area contributed by atoms with Gasteiger partial charge in [0.05, 0.1) is 11.6 Å². The van der Waals surface area contributed by atoms with Crippen LogP contribution in [0.1, 0.15) is 13.3 Å². The molecule has 0 saturated heterocycles. The predicted molar refractivity (Wildman–Crippen MR) is 93.8 cm³/mol. The number of nitrogens with zero attached hydrogens (tertiary/aromatic N) is 2. The Bertz CT molecular complexity index is 813. The third kappa shape index (κ3) is 3.13. The average molecular weight is 331 g/mol. The lowest BCUT2D eigenvalue weighted by Crippen LogP contribution is -2.36. The second-order valence-corrected chi connectivity index (χ2v) is 5.84. The number of ether oxygens (including phenoxy) is 1. The summed E-state index contributed by atoms with van der Waals surface area (Å²) in [6, 6.07) is 15.8. The molecular weight excluding hydrogens is 310 g/mol. The van der Waals surface area contributed by atoms with Gasteiger partial charge in [0.15, 0.2) is 0 Å². The van der Waals surface area contributed by atoms with Crippen LogP contribution in [0.4, 0.5) is 5.95 Å². The maximum absolute atomic E-state index is 6.36. The van der Waals surface area contributed by atoms with E-state index in [-0.39, 0.29) is 0 Å². The minimum absolute atomic E-state index is 0.513. The molecule has 0 saturated carbocycles. The zero-order valence-electron chi connectivity index (χ0n) is 13.2. The van der Waals surface area contributed by atoms with Crippen LogP contribution in [0.5, 0.6) is 5.75 Å². The molecule has 23 heavy (non-hydrogen) atoms. The molecule has 2 N–H and O–H groups in total. The smallest absolute Gasteiger partial charge is 0.356 e. The van der Waals surface area contributed by atoms with Gasteiger partial charge in [-0.1, -0.05) is 42.8 Å². The molecule has 0 aliphatic heterocycles. The molecule has 3 rings (SSSR count). The molecule has 0 atom stereocenters. The monoisotopic (exact) mass is 330 g/mol. The van der Waals surface area contributed by atoms with Gasteiger partial charge >= 0.3 is 5.95 Å². The average Bonchev–Trinajstić information content (AvgIpc) is 2.83. The summed E-state index contributed by atoms with van der Waals surface area (Å²) in [4.78, 5) is 0. The fourth-order valence-electron chi connectivity index (χ4n) is 2.82. The first-order valence-electron chi connectivity index (χ1n) is 7.86. The maximum atomic E-state index is 6.36. The molecule has 0 bridgehead atoms. The molecule has 0 spiro atoms. The number of aryl methyl sites for hydroxylation is 1. The van der Waals surface area contributed by atoms with Gasteiger partial charge in [0.25, 0.3) is 0 Å². The number of imidazole rings is 1. The summed E-state index contributed by atoms with van der Waals surface area (Å²) >= 11 is 6.12. The fourth-order valence-corrected chi connectivity index (χ4v) is 3.01. The van der Waals surface area contributed by atoms with Gasteiger partial charge < -0.3 is 4.74 Å². The quantitative estimate of drug-likeness (QED) is 0.701. The number of nitrogens with two attached hydrogens (primary N) is 1. The van der Waals surface area contributed by atoms with Crippen LogP contribution in [0.3, 0.4) is 0 Å². The van der Waals surface area contributed by atoms with Crippen molar-refractivity contribution in [3.63, 3.8) is 0 Å². The highest BCUT2D eigenvalue weighted by Gasteiger charge is 2.19. The SMILES string of the molecule is CCC[n+]1c(N)n(CCOc2ccccc2Cl)c2ccccc21. The number of hydrogen-bond acceptors (Lipinski definition) is 2. The Morgan fingerprint density at radius 3 is 2.65 bits per heavy atom. The molecule has 0 radical (unpaired) electrons. The van der Waals surface area contributed by atoms with Crippen molar-refractivity contribution in [2.75, 3.05) is 12.3 Å². The van der Waals surface area contributed by atoms with Crippen molar-refractivity contribution >= 4 is 28.6 Å². The number of nitrogen functional groups attached to an aromatic ring is 1. The van der Waals surface area contributed by atoms with Crippen LogP contribution in [-0.4, -0.2) is 11.2 Å². The van der Waals surface area contributed by atoms with E-state index in [0.29, 0.717) is 23.9 Å². The molecular formula is C18H21ClN3O+. The van der Waals surface area contributed by atoms with Gasteiger partial charge in [-0.3, -0.25) is 5.73 Å². The van der Waals surface area contributed by atoms with Crippen molar-refractivity contribution in [2.24, 2.45) is 0 Å². The van der Waals surface area contributed by atoms with Crippen LogP contribution in [0, 0.1) is 0 Å². The van der Waals surface area contributed by atoms with E-state index in [9.17, 15) is 0 Å². The summed E-state index contributed by atoms with van der Waals surface area (Å²) in [7, 11) is 0. The zero-order chi connectivity index (χ0) is 16.2. The number of anilines is 1. The van der Waals surface area contributed by atoms with Gasteiger partial charge in [-0.25, -0.2) is 9.13 Å². The Labute approximate surface area is 141 Å². The summed E-state index contributed by atoms with van der Waals surface area (Å²) in [5.41, 5.74) is 8.64. The zero-order valence-corrected chi connectivity index (χ0v) is 14.0. The van der Waals surface area contributed by atoms with E-state index in [4.69, 9.17) is 22.1 Å². The van der Waals surface area contributed by atoms with Gasteiger partial charge in [-0.05, 0) is 30.7 Å². The number of para-hydroxylation sites is 3. The van der Waals surface area contributed by atoms with E-state index in [1.165, 1.54) is 0 Å². The molecule has 0 unspecified atom stereocenters. The van der Waals surface area contributed by atoms with E-state index in [2.05, 4.69) is 28.2 Å². The number of hydrogen-bond donors (Lipinski definition) is 1. The molecule has 0 aliphatic carbocycles. The third-order valence-corrected chi connectivity index (χ3v) is 4.18. The second-order valence-electron chi connectivity index (χ2n) is 5.43. The number of aromatic nitrogens is 2. The van der Waals surface area contributed by atoms with E-state index in [0.717, 1.165) is 29.9 Å². The number of rotatable bonds is 6. The van der Waals surface area contributed by atoms with Crippen LogP contribution in [0.25, 0.3) is 11.0 Å². The van der Waals surface area contributed by atoms with Gasteiger partial charge in [0.2, 0.25) is 0 Å². The van der Waals surface area contributed by atoms with Crippen molar-refractivity contribution in [3.8, 4) is 5.75 Å². The number of halogens is 1. The highest BCUT2D eigenvalue weighted by molar-refractivity contribution is 6.32. The fraction of sp³-hybridized carbons (Fsp3) is 0.278. The van der Waals surface area contributed by atoms with Crippen molar-refractivity contribution in [3.05, 3.63) is 53.6 Å². The van der Waals surface area contributed by atoms with Crippen molar-refractivity contribution in [1.29, 1.82) is 0 Å². The molecule has 3 aromatic rings. The minimum Gasteiger partial charge on any atom is -0.489 e. The summed E-state index contributed by atoms with van der Waals surface area (Å²) in [6.07, 6.45) is 1.04. The van der Waals surface area contributed by atoms with Crippen LogP contribution < -0.4 is 15.0 Å². The standard InChI is InChI=1S/C18H20ClN3O/c1-2-11-21-15-8-4-5-9-16(15)22(18(21)20)12-13-23-17-10-6-3-7-14(17)19/h3-10,20H,2,11-13H2,1H3/p+1. The summed E-state index contributed by atoms with van der Waals surface area (Å²) in [5, 5.41) is 0.624. The van der Waals surface area contributed by atoms with Gasteiger partial charge in [0.1, 0.15) is 29.9 Å². The molecule has 0 amide bonds. The molecule has 0 aliphatic rings. The first-order valence-corrected chi connectivity index (χ1v) is 8.24. The van der Waals surface area contributed by atoms with Crippen LogP contribution in [-0.2, 0) is 13.1 Å². The third-order valence-electron chi connectivity index (χ3n) is 3.87. The van der Waals surface area contributed by atoms with Crippen molar-refractivity contribution < 1.29 is 9.30 Å². The number of fused-ring (bicyclic) bond motifs is 1. The van der Waals surface area contributed by atoms with Crippen LogP contribution in [0.2, 0.25) is 5.02 Å². The van der Waals surface area contributed by atoms with Crippen molar-refractivity contribution in [2.45, 2.75) is 26.4 Å². The lowest BCUT2D eigenvalue weighted by molar-refractivity contribution is -0.657. The van der Waals surface area contributed by atoms with Gasteiger partial charge in [-0.2, -0.15) is 0 Å². The Kier molecular flexibility index (Phi) is 4.72. The van der Waals surface area contributed by atoms with Crippen LogP contribution >= 0.6 is 11.6 Å². The Hall–Kier alpha value is -2.20. The first kappa shape index (κ1) is 15.7. The Morgan fingerprint density at radius 2 is 1.87 bits per heavy atom. The molecule has 1 heterocycles. The lowest BCUT2D eigenvalue weighted by atomic mass is 10.3. The van der Waals surface area contributed by atoms with Crippen molar-refractivity contribution in [1.82, 2.24) is 4.57 Å². The molecule has 2 aromatic carbocycles. The van der Waals surface area contributed by atoms with Crippen LogP contribution in [0.15, 0.2) is 48.5 Å². The van der Waals surface area contributed by atoms with Gasteiger partial charge in [0, 0.05) is 0 Å². The normalized spacial score (nSPS) is 11.0. The lowest BCUT2D eigenvalue weighted by Gasteiger charge is -2.07. The second kappa shape index (κ2) is 6.92. The first-order chi connectivity index (χ1) is 11.2. The van der Waals surface area contributed by atoms with E-state index < -0.39 is 0 Å². The summed E-state index contributed by atoms with van der Waals surface area (Å²) in [6.45, 7) is 4.25. The van der Waals surface area contributed by atoms with E-state index in [1.54, 1.807) is 0 Å². The molecule has 5 heteroatoms. The Balaban J connectivity index is 1.83.